The van der Waals surface area contributed by atoms with E-state index in [1.165, 1.54) is 6.08 Å². The van der Waals surface area contributed by atoms with E-state index < -0.39 is 12.1 Å². The molecular weight excluding hydrogens is 394 g/mol. The van der Waals surface area contributed by atoms with Crippen molar-refractivity contribution in [2.24, 2.45) is 5.92 Å². The van der Waals surface area contributed by atoms with Crippen molar-refractivity contribution in [3.05, 3.63) is 59.2 Å². The minimum absolute atomic E-state index is 0.382. The zero-order valence-corrected chi connectivity index (χ0v) is 19.0. The van der Waals surface area contributed by atoms with E-state index in [9.17, 15) is 9.59 Å². The highest BCUT2D eigenvalue weighted by Crippen LogP contribution is 2.29. The Morgan fingerprint density at radius 1 is 1.03 bits per heavy atom. The maximum atomic E-state index is 12.4. The molecule has 2 aromatic rings. The average molecular weight is 426 g/mol. The molecule has 166 valence electrons. The number of nitrogens with one attached hydrogen (secondary N) is 1. The largest absolute Gasteiger partial charge is 0.493 e. The van der Waals surface area contributed by atoms with Gasteiger partial charge in [0.2, 0.25) is 0 Å². The van der Waals surface area contributed by atoms with Gasteiger partial charge in [0.25, 0.3) is 5.91 Å². The van der Waals surface area contributed by atoms with E-state index in [2.05, 4.69) is 19.2 Å². The summed E-state index contributed by atoms with van der Waals surface area (Å²) >= 11 is 0. The van der Waals surface area contributed by atoms with Gasteiger partial charge in [0.15, 0.2) is 17.6 Å². The maximum Gasteiger partial charge on any atom is 0.331 e. The normalized spacial score (nSPS) is 12.0. The van der Waals surface area contributed by atoms with Crippen molar-refractivity contribution in [2.45, 2.75) is 40.7 Å². The van der Waals surface area contributed by atoms with E-state index in [1.54, 1.807) is 32.2 Å². The lowest BCUT2D eigenvalue weighted by atomic mass is 10.1. The van der Waals surface area contributed by atoms with Crippen molar-refractivity contribution in [3.8, 4) is 11.5 Å². The second kappa shape index (κ2) is 11.2. The van der Waals surface area contributed by atoms with E-state index >= 15 is 0 Å². The molecule has 0 spiro atoms. The molecule has 0 aliphatic rings. The number of carbonyl (C=O) groups excluding carboxylic acids is 2. The van der Waals surface area contributed by atoms with Crippen molar-refractivity contribution >= 4 is 23.6 Å². The highest BCUT2D eigenvalue weighted by atomic mass is 16.5. The zero-order valence-electron chi connectivity index (χ0n) is 19.0. The van der Waals surface area contributed by atoms with Crippen LogP contribution in [0.4, 0.5) is 5.69 Å². The van der Waals surface area contributed by atoms with Crippen molar-refractivity contribution in [1.29, 1.82) is 0 Å². The van der Waals surface area contributed by atoms with Gasteiger partial charge in [0.05, 0.1) is 13.7 Å². The molecule has 0 aromatic heterocycles. The van der Waals surface area contributed by atoms with Gasteiger partial charge in [-0.05, 0) is 61.6 Å². The van der Waals surface area contributed by atoms with Gasteiger partial charge in [0, 0.05) is 11.8 Å². The monoisotopic (exact) mass is 425 g/mol. The maximum absolute atomic E-state index is 12.4. The molecule has 0 saturated carbocycles. The van der Waals surface area contributed by atoms with Crippen LogP contribution in [-0.4, -0.2) is 31.7 Å². The van der Waals surface area contributed by atoms with Gasteiger partial charge in [0.1, 0.15) is 0 Å². The van der Waals surface area contributed by atoms with Crippen LogP contribution >= 0.6 is 0 Å². The molecule has 0 radical (unpaired) electrons. The molecule has 0 saturated heterocycles. The number of ether oxygens (including phenoxy) is 3. The molecule has 1 atom stereocenters. The molecule has 0 unspecified atom stereocenters. The Kier molecular flexibility index (Phi) is 8.67. The molecule has 6 heteroatoms. The van der Waals surface area contributed by atoms with E-state index in [4.69, 9.17) is 14.2 Å². The fourth-order valence-electron chi connectivity index (χ4n) is 2.83. The van der Waals surface area contributed by atoms with E-state index in [1.807, 2.05) is 38.1 Å². The Bertz CT molecular complexity index is 929. The Balaban J connectivity index is 1.97. The summed E-state index contributed by atoms with van der Waals surface area (Å²) in [6.45, 7) is 10.1. The number of hydrogen-bond acceptors (Lipinski definition) is 5. The number of carbonyl (C=O) groups is 2. The summed E-state index contributed by atoms with van der Waals surface area (Å²) in [5, 5.41) is 2.83. The Labute approximate surface area is 184 Å². The second-order valence-electron chi connectivity index (χ2n) is 7.78. The van der Waals surface area contributed by atoms with Gasteiger partial charge in [-0.15, -0.1) is 0 Å². The highest BCUT2D eigenvalue weighted by molar-refractivity contribution is 5.97. The topological polar surface area (TPSA) is 73.9 Å². The fourth-order valence-corrected chi connectivity index (χ4v) is 2.83. The summed E-state index contributed by atoms with van der Waals surface area (Å²) in [4.78, 5) is 24.6. The van der Waals surface area contributed by atoms with Crippen LogP contribution in [0.15, 0.2) is 42.5 Å². The molecular formula is C25H31NO5. The predicted molar refractivity (Wildman–Crippen MR) is 122 cm³/mol. The first-order valence-corrected chi connectivity index (χ1v) is 10.3. The number of methoxy groups -OCH3 is 1. The predicted octanol–water partition coefficient (Wildman–Crippen LogP) is 4.93. The molecule has 2 rings (SSSR count). The lowest BCUT2D eigenvalue weighted by molar-refractivity contribution is -0.148. The van der Waals surface area contributed by atoms with E-state index in [0.29, 0.717) is 24.0 Å². The number of amides is 1. The van der Waals surface area contributed by atoms with Crippen LogP contribution in [0.5, 0.6) is 11.5 Å². The molecule has 1 N–H and O–H groups in total. The van der Waals surface area contributed by atoms with Gasteiger partial charge in [-0.2, -0.15) is 0 Å². The Morgan fingerprint density at radius 2 is 1.71 bits per heavy atom. The van der Waals surface area contributed by atoms with Crippen LogP contribution in [0.3, 0.4) is 0 Å². The highest BCUT2D eigenvalue weighted by Gasteiger charge is 2.18. The molecule has 6 nitrogen and oxygen atoms in total. The summed E-state index contributed by atoms with van der Waals surface area (Å²) in [6, 6.07) is 11.1. The van der Waals surface area contributed by atoms with Gasteiger partial charge in [-0.25, -0.2) is 4.79 Å². The second-order valence-corrected chi connectivity index (χ2v) is 7.78. The quantitative estimate of drug-likeness (QED) is 0.455. The third-order valence-corrected chi connectivity index (χ3v) is 4.56. The first-order valence-electron chi connectivity index (χ1n) is 10.3. The van der Waals surface area contributed by atoms with Crippen LogP contribution in [0, 0.1) is 19.8 Å². The lowest BCUT2D eigenvalue weighted by Gasteiger charge is -2.15. The standard InChI is InChI=1S/C25H31NO5/c1-16(2)15-30-21-12-10-20(14-22(21)29-6)11-13-23(27)31-19(5)25(28)26-24-17(3)8-7-9-18(24)4/h7-14,16,19H,15H2,1-6H3,(H,26,28)/b13-11+/t19-/m1/s1. The summed E-state index contributed by atoms with van der Waals surface area (Å²) < 4.78 is 16.3. The molecule has 2 aromatic carbocycles. The first kappa shape index (κ1) is 24.0. The number of aryl methyl sites for hydroxylation is 2. The number of rotatable bonds is 9. The third-order valence-electron chi connectivity index (χ3n) is 4.56. The van der Waals surface area contributed by atoms with Crippen LogP contribution < -0.4 is 14.8 Å². The molecule has 0 aliphatic heterocycles. The van der Waals surface area contributed by atoms with Crippen molar-refractivity contribution in [1.82, 2.24) is 0 Å². The zero-order chi connectivity index (χ0) is 23.0. The van der Waals surface area contributed by atoms with Crippen LogP contribution in [0.1, 0.15) is 37.5 Å². The van der Waals surface area contributed by atoms with Crippen molar-refractivity contribution in [3.63, 3.8) is 0 Å². The SMILES string of the molecule is COc1cc(/C=C/C(=O)O[C@H](C)C(=O)Nc2c(C)cccc2C)ccc1OCC(C)C. The lowest BCUT2D eigenvalue weighted by Crippen LogP contribution is -2.30. The molecule has 1 amide bonds. The number of hydrogen-bond donors (Lipinski definition) is 1. The van der Waals surface area contributed by atoms with E-state index in [0.717, 1.165) is 22.4 Å². The Morgan fingerprint density at radius 3 is 2.32 bits per heavy atom. The third kappa shape index (κ3) is 7.17. The average Bonchev–Trinajstić information content (AvgIpc) is 2.73. The van der Waals surface area contributed by atoms with Gasteiger partial charge in [-0.3, -0.25) is 4.79 Å². The van der Waals surface area contributed by atoms with Crippen molar-refractivity contribution < 1.29 is 23.8 Å². The Hall–Kier alpha value is -3.28. The minimum Gasteiger partial charge on any atom is -0.493 e. The summed E-state index contributed by atoms with van der Waals surface area (Å²) in [6.07, 6.45) is 1.96. The summed E-state index contributed by atoms with van der Waals surface area (Å²) in [7, 11) is 1.57. The van der Waals surface area contributed by atoms with Crippen LogP contribution in [0.25, 0.3) is 6.08 Å². The van der Waals surface area contributed by atoms with Gasteiger partial charge >= 0.3 is 5.97 Å². The van der Waals surface area contributed by atoms with Gasteiger partial charge < -0.3 is 19.5 Å². The smallest absolute Gasteiger partial charge is 0.331 e. The number of para-hydroxylation sites is 1. The van der Waals surface area contributed by atoms with Gasteiger partial charge in [-0.1, -0.05) is 38.1 Å². The molecule has 0 aliphatic carbocycles. The number of esters is 1. The molecule has 31 heavy (non-hydrogen) atoms. The molecule has 0 heterocycles. The number of anilines is 1. The summed E-state index contributed by atoms with van der Waals surface area (Å²) in [5.41, 5.74) is 3.37. The molecule has 0 fully saturated rings. The first-order chi connectivity index (χ1) is 14.7. The van der Waals surface area contributed by atoms with Crippen LogP contribution in [-0.2, 0) is 14.3 Å². The summed E-state index contributed by atoms with van der Waals surface area (Å²) in [5.74, 6) is 0.633. The van der Waals surface area contributed by atoms with Crippen molar-refractivity contribution in [2.75, 3.05) is 19.0 Å². The minimum atomic E-state index is -0.933. The number of benzene rings is 2. The van der Waals surface area contributed by atoms with E-state index in [-0.39, 0.29) is 5.91 Å². The molecule has 0 bridgehead atoms. The fraction of sp³-hybridized carbons (Fsp3) is 0.360. The van der Waals surface area contributed by atoms with Crippen LogP contribution in [0.2, 0.25) is 0 Å².